The van der Waals surface area contributed by atoms with Crippen LogP contribution in [0.3, 0.4) is 0 Å². The zero-order chi connectivity index (χ0) is 11.9. The third kappa shape index (κ3) is 6.79. The van der Waals surface area contributed by atoms with Gasteiger partial charge in [-0.15, -0.1) is 0 Å². The van der Waals surface area contributed by atoms with Crippen LogP contribution in [0.4, 0.5) is 0 Å². The van der Waals surface area contributed by atoms with Crippen molar-refractivity contribution in [1.29, 1.82) is 0 Å². The predicted molar refractivity (Wildman–Crippen MR) is 77.1 cm³/mol. The molecular weight excluding hydrogens is 232 g/mol. The molecule has 2 nitrogen and oxygen atoms in total. The standard InChI is InChI=1S/C12H20N2SSi/c1-16(2,3)15-10-6-8-13-11-12-7-4-5-9-14-12/h4-5,7,9,11H,6,8,10H2,1-3H3/b13-11-. The molecule has 0 radical (unpaired) electrons. The maximum absolute atomic E-state index is 4.38. The van der Waals surface area contributed by atoms with Gasteiger partial charge >= 0.3 is 0 Å². The van der Waals surface area contributed by atoms with E-state index in [2.05, 4.69) is 40.8 Å². The molecule has 1 rings (SSSR count). The van der Waals surface area contributed by atoms with Crippen LogP contribution >= 0.6 is 11.2 Å². The van der Waals surface area contributed by atoms with Gasteiger partial charge in [0.25, 0.3) is 0 Å². The Morgan fingerprint density at radius 2 is 2.19 bits per heavy atom. The Bertz CT molecular complexity index is 320. The molecule has 0 aliphatic rings. The Labute approximate surface area is 103 Å². The van der Waals surface area contributed by atoms with E-state index in [0.717, 1.165) is 18.7 Å². The lowest BCUT2D eigenvalue weighted by atomic mass is 10.4. The van der Waals surface area contributed by atoms with Gasteiger partial charge in [0.15, 0.2) is 0 Å². The number of rotatable bonds is 6. The van der Waals surface area contributed by atoms with E-state index in [1.807, 2.05) is 24.4 Å². The number of aromatic nitrogens is 1. The second-order valence-electron chi connectivity index (χ2n) is 4.60. The van der Waals surface area contributed by atoms with E-state index in [9.17, 15) is 0 Å². The van der Waals surface area contributed by atoms with Crippen molar-refractivity contribution in [2.75, 3.05) is 12.3 Å². The average Bonchev–Trinajstić information content (AvgIpc) is 2.23. The molecule has 1 heterocycles. The van der Waals surface area contributed by atoms with Gasteiger partial charge in [0.2, 0.25) is 0 Å². The predicted octanol–water partition coefficient (Wildman–Crippen LogP) is 3.46. The highest BCUT2D eigenvalue weighted by atomic mass is 32.4. The monoisotopic (exact) mass is 252 g/mol. The fourth-order valence-electron chi connectivity index (χ4n) is 1.14. The van der Waals surface area contributed by atoms with Crippen LogP contribution in [0.5, 0.6) is 0 Å². The molecule has 0 saturated carbocycles. The summed E-state index contributed by atoms with van der Waals surface area (Å²) in [5.74, 6) is 1.23. The maximum atomic E-state index is 4.38. The lowest BCUT2D eigenvalue weighted by Crippen LogP contribution is -2.14. The van der Waals surface area contributed by atoms with E-state index in [1.54, 1.807) is 6.20 Å². The van der Waals surface area contributed by atoms with Crippen molar-refractivity contribution in [2.45, 2.75) is 26.1 Å². The van der Waals surface area contributed by atoms with Crippen molar-refractivity contribution in [3.63, 3.8) is 0 Å². The van der Waals surface area contributed by atoms with E-state index in [-0.39, 0.29) is 0 Å². The van der Waals surface area contributed by atoms with Gasteiger partial charge in [-0.2, -0.15) is 11.2 Å². The van der Waals surface area contributed by atoms with Crippen molar-refractivity contribution in [2.24, 2.45) is 4.99 Å². The summed E-state index contributed by atoms with van der Waals surface area (Å²) in [6.45, 7) is 8.06. The number of nitrogens with zero attached hydrogens (tertiary/aromatic N) is 2. The first-order chi connectivity index (χ1) is 7.58. The molecule has 0 atom stereocenters. The SMILES string of the molecule is C[Si](C)(C)SCCC/N=C\c1ccccn1. The smallest absolute Gasteiger partial charge is 0.108 e. The number of hydrogen-bond donors (Lipinski definition) is 0. The number of aliphatic imine (C=N–C) groups is 1. The first kappa shape index (κ1) is 13.5. The van der Waals surface area contributed by atoms with Crippen molar-refractivity contribution in [3.8, 4) is 0 Å². The summed E-state index contributed by atoms with van der Waals surface area (Å²) < 4.78 is 0. The zero-order valence-corrected chi connectivity index (χ0v) is 12.1. The lowest BCUT2D eigenvalue weighted by molar-refractivity contribution is 0.949. The van der Waals surface area contributed by atoms with Crippen LogP contribution < -0.4 is 0 Å². The van der Waals surface area contributed by atoms with Crippen LogP contribution in [0.2, 0.25) is 19.6 Å². The quantitative estimate of drug-likeness (QED) is 0.440. The van der Waals surface area contributed by atoms with Crippen LogP contribution in [-0.2, 0) is 0 Å². The zero-order valence-electron chi connectivity index (χ0n) is 10.3. The first-order valence-electron chi connectivity index (χ1n) is 5.63. The van der Waals surface area contributed by atoms with E-state index in [0.29, 0.717) is 0 Å². The fourth-order valence-corrected chi connectivity index (χ4v) is 4.30. The Balaban J connectivity index is 2.14. The molecule has 0 amide bonds. The molecule has 0 unspecified atom stereocenters. The molecule has 88 valence electrons. The van der Waals surface area contributed by atoms with Gasteiger partial charge in [0.1, 0.15) is 7.22 Å². The molecule has 0 fully saturated rings. The fraction of sp³-hybridized carbons (Fsp3) is 0.500. The minimum Gasteiger partial charge on any atom is -0.291 e. The van der Waals surface area contributed by atoms with Crippen LogP contribution in [-0.4, -0.2) is 30.7 Å². The van der Waals surface area contributed by atoms with Gasteiger partial charge in [-0.1, -0.05) is 25.7 Å². The van der Waals surface area contributed by atoms with Gasteiger partial charge < -0.3 is 0 Å². The summed E-state index contributed by atoms with van der Waals surface area (Å²) in [5.41, 5.74) is 0.945. The third-order valence-electron chi connectivity index (χ3n) is 1.88. The Morgan fingerprint density at radius 3 is 2.81 bits per heavy atom. The summed E-state index contributed by atoms with van der Waals surface area (Å²) in [6, 6.07) is 5.87. The Kier molecular flexibility index (Phi) is 5.77. The minimum atomic E-state index is -0.929. The first-order valence-corrected chi connectivity index (χ1v) is 10.8. The summed E-state index contributed by atoms with van der Waals surface area (Å²) in [4.78, 5) is 8.56. The topological polar surface area (TPSA) is 25.2 Å². The summed E-state index contributed by atoms with van der Waals surface area (Å²) in [7, 11) is -0.929. The van der Waals surface area contributed by atoms with Crippen molar-refractivity contribution in [1.82, 2.24) is 4.98 Å². The Hall–Kier alpha value is -0.613. The van der Waals surface area contributed by atoms with Crippen LogP contribution in [0.1, 0.15) is 12.1 Å². The highest BCUT2D eigenvalue weighted by molar-refractivity contribution is 8.28. The molecule has 0 aliphatic carbocycles. The molecule has 0 N–H and O–H groups in total. The normalized spacial score (nSPS) is 12.2. The van der Waals surface area contributed by atoms with E-state index in [1.165, 1.54) is 5.75 Å². The van der Waals surface area contributed by atoms with Crippen LogP contribution in [0, 0.1) is 0 Å². The van der Waals surface area contributed by atoms with Crippen LogP contribution in [0.15, 0.2) is 29.4 Å². The van der Waals surface area contributed by atoms with E-state index >= 15 is 0 Å². The number of pyridine rings is 1. The van der Waals surface area contributed by atoms with Gasteiger partial charge in [-0.3, -0.25) is 9.98 Å². The van der Waals surface area contributed by atoms with E-state index in [4.69, 9.17) is 0 Å². The van der Waals surface area contributed by atoms with Crippen molar-refractivity contribution in [3.05, 3.63) is 30.1 Å². The lowest BCUT2D eigenvalue weighted by Gasteiger charge is -2.13. The van der Waals surface area contributed by atoms with Gasteiger partial charge in [0, 0.05) is 19.0 Å². The molecule has 1 aromatic heterocycles. The molecule has 0 aromatic carbocycles. The van der Waals surface area contributed by atoms with Gasteiger partial charge in [0.05, 0.1) is 5.69 Å². The molecule has 4 heteroatoms. The summed E-state index contributed by atoms with van der Waals surface area (Å²) in [6.07, 6.45) is 4.82. The van der Waals surface area contributed by atoms with Gasteiger partial charge in [-0.05, 0) is 24.3 Å². The highest BCUT2D eigenvalue weighted by Crippen LogP contribution is 2.19. The van der Waals surface area contributed by atoms with Gasteiger partial charge in [-0.25, -0.2) is 0 Å². The van der Waals surface area contributed by atoms with Crippen molar-refractivity contribution >= 4 is 24.6 Å². The summed E-state index contributed by atoms with van der Waals surface area (Å²) in [5, 5.41) is 0. The third-order valence-corrected chi connectivity index (χ3v) is 6.45. The number of hydrogen-bond acceptors (Lipinski definition) is 3. The molecule has 0 bridgehead atoms. The molecule has 1 aromatic rings. The Morgan fingerprint density at radius 1 is 1.38 bits per heavy atom. The summed E-state index contributed by atoms with van der Waals surface area (Å²) >= 11 is 2.13. The largest absolute Gasteiger partial charge is 0.291 e. The second kappa shape index (κ2) is 6.86. The average molecular weight is 252 g/mol. The van der Waals surface area contributed by atoms with E-state index < -0.39 is 7.22 Å². The second-order valence-corrected chi connectivity index (χ2v) is 14.1. The molecule has 0 saturated heterocycles. The molecule has 16 heavy (non-hydrogen) atoms. The molecule has 0 spiro atoms. The molecule has 0 aliphatic heterocycles. The van der Waals surface area contributed by atoms with Crippen LogP contribution in [0.25, 0.3) is 0 Å². The van der Waals surface area contributed by atoms with Crippen molar-refractivity contribution < 1.29 is 0 Å². The molecular formula is C12H20N2SSi. The maximum Gasteiger partial charge on any atom is 0.108 e. The minimum absolute atomic E-state index is 0.911. The highest BCUT2D eigenvalue weighted by Gasteiger charge is 2.12.